The molecule has 0 aromatic carbocycles. The number of thiazole rings is 1. The van der Waals surface area contributed by atoms with Crippen molar-refractivity contribution in [2.75, 3.05) is 0 Å². The van der Waals surface area contributed by atoms with E-state index in [1.165, 1.54) is 30.7 Å². The fraction of sp³-hybridized carbons (Fsp3) is 0.786. The highest BCUT2D eigenvalue weighted by atomic mass is 32.1. The molecule has 2 nitrogen and oxygen atoms in total. The van der Waals surface area contributed by atoms with Crippen LogP contribution in [0.25, 0.3) is 0 Å². The van der Waals surface area contributed by atoms with Crippen LogP contribution in [0.4, 0.5) is 0 Å². The number of aliphatic hydroxyl groups is 1. The molecule has 1 aliphatic carbocycles. The molecule has 0 saturated heterocycles. The van der Waals surface area contributed by atoms with E-state index in [1.54, 1.807) is 11.3 Å². The maximum atomic E-state index is 9.04. The number of nitrogens with zero attached hydrogens (tertiary/aromatic N) is 1. The molecule has 0 unspecified atom stereocenters. The van der Waals surface area contributed by atoms with Crippen LogP contribution in [0.15, 0.2) is 5.38 Å². The van der Waals surface area contributed by atoms with Crippen LogP contribution in [0.3, 0.4) is 0 Å². The molecule has 1 aromatic heterocycles. The van der Waals surface area contributed by atoms with E-state index in [0.717, 1.165) is 11.6 Å². The summed E-state index contributed by atoms with van der Waals surface area (Å²) >= 11 is 1.72. The van der Waals surface area contributed by atoms with Crippen molar-refractivity contribution >= 4 is 11.3 Å². The number of hydrogen-bond donors (Lipinski definition) is 1. The predicted octanol–water partition coefficient (Wildman–Crippen LogP) is 3.96. The molecule has 1 N–H and O–H groups in total. The molecular formula is C14H23NOS. The van der Waals surface area contributed by atoms with E-state index in [-0.39, 0.29) is 6.61 Å². The lowest BCUT2D eigenvalue weighted by Gasteiger charge is -2.36. The average molecular weight is 253 g/mol. The third-order valence-electron chi connectivity index (χ3n) is 4.03. The molecular weight excluding hydrogens is 230 g/mol. The van der Waals surface area contributed by atoms with E-state index >= 15 is 0 Å². The van der Waals surface area contributed by atoms with Crippen LogP contribution in [0, 0.1) is 11.3 Å². The standard InChI is InChI=1S/C14H23NOS/c1-14(2,3)11-6-4-10(5-7-11)13-15-12(8-16)9-17-13/h9-11,16H,4-8H2,1-3H3. The van der Waals surface area contributed by atoms with Gasteiger partial charge in [0, 0.05) is 11.3 Å². The van der Waals surface area contributed by atoms with Crippen molar-refractivity contribution in [3.63, 3.8) is 0 Å². The average Bonchev–Trinajstić information content (AvgIpc) is 2.76. The second kappa shape index (κ2) is 5.07. The highest BCUT2D eigenvalue weighted by Gasteiger charge is 2.31. The number of aliphatic hydroxyl groups excluding tert-OH is 1. The molecule has 0 bridgehead atoms. The van der Waals surface area contributed by atoms with Gasteiger partial charge in [0.2, 0.25) is 0 Å². The Balaban J connectivity index is 1.95. The van der Waals surface area contributed by atoms with Crippen LogP contribution < -0.4 is 0 Å². The van der Waals surface area contributed by atoms with Crippen molar-refractivity contribution in [3.05, 3.63) is 16.1 Å². The summed E-state index contributed by atoms with van der Waals surface area (Å²) in [4.78, 5) is 4.51. The molecule has 0 amide bonds. The van der Waals surface area contributed by atoms with Crippen molar-refractivity contribution in [3.8, 4) is 0 Å². The van der Waals surface area contributed by atoms with Crippen LogP contribution >= 0.6 is 11.3 Å². The van der Waals surface area contributed by atoms with Gasteiger partial charge in [-0.05, 0) is 37.0 Å². The number of aromatic nitrogens is 1. The lowest BCUT2D eigenvalue weighted by atomic mass is 9.70. The zero-order chi connectivity index (χ0) is 12.5. The maximum Gasteiger partial charge on any atom is 0.0960 e. The molecule has 17 heavy (non-hydrogen) atoms. The minimum Gasteiger partial charge on any atom is -0.390 e. The highest BCUT2D eigenvalue weighted by Crippen LogP contribution is 2.43. The summed E-state index contributed by atoms with van der Waals surface area (Å²) in [5, 5.41) is 12.3. The first kappa shape index (κ1) is 13.0. The number of rotatable bonds is 2. The second-order valence-corrected chi connectivity index (χ2v) is 7.14. The molecule has 96 valence electrons. The van der Waals surface area contributed by atoms with Crippen molar-refractivity contribution < 1.29 is 5.11 Å². The molecule has 1 fully saturated rings. The fourth-order valence-electron chi connectivity index (χ4n) is 2.79. The summed E-state index contributed by atoms with van der Waals surface area (Å²) in [5.41, 5.74) is 1.28. The largest absolute Gasteiger partial charge is 0.390 e. The normalized spacial score (nSPS) is 26.1. The lowest BCUT2D eigenvalue weighted by Crippen LogP contribution is -2.25. The first-order valence-electron chi connectivity index (χ1n) is 6.56. The molecule has 0 spiro atoms. The van der Waals surface area contributed by atoms with Crippen LogP contribution in [-0.2, 0) is 6.61 Å². The van der Waals surface area contributed by atoms with Crippen molar-refractivity contribution in [2.24, 2.45) is 11.3 Å². The minimum absolute atomic E-state index is 0.0772. The first-order valence-corrected chi connectivity index (χ1v) is 7.44. The molecule has 1 saturated carbocycles. The van der Waals surface area contributed by atoms with Gasteiger partial charge in [-0.25, -0.2) is 4.98 Å². The summed E-state index contributed by atoms with van der Waals surface area (Å²) in [6.07, 6.45) is 5.17. The molecule has 1 aromatic rings. The Bertz CT molecular complexity index is 359. The SMILES string of the molecule is CC(C)(C)C1CCC(c2nc(CO)cs2)CC1. The Kier molecular flexibility index (Phi) is 3.88. The van der Waals surface area contributed by atoms with E-state index in [1.807, 2.05) is 5.38 Å². The summed E-state index contributed by atoms with van der Waals surface area (Å²) in [6.45, 7) is 7.13. The third-order valence-corrected chi connectivity index (χ3v) is 5.09. The summed E-state index contributed by atoms with van der Waals surface area (Å²) in [7, 11) is 0. The van der Waals surface area contributed by atoms with Gasteiger partial charge in [0.25, 0.3) is 0 Å². The van der Waals surface area contributed by atoms with Crippen molar-refractivity contribution in [2.45, 2.75) is 59.0 Å². The smallest absolute Gasteiger partial charge is 0.0960 e. The van der Waals surface area contributed by atoms with Crippen molar-refractivity contribution in [1.82, 2.24) is 4.98 Å². The van der Waals surface area contributed by atoms with Gasteiger partial charge >= 0.3 is 0 Å². The maximum absolute atomic E-state index is 9.04. The molecule has 1 heterocycles. The van der Waals surface area contributed by atoms with E-state index < -0.39 is 0 Å². The van der Waals surface area contributed by atoms with Gasteiger partial charge < -0.3 is 5.11 Å². The molecule has 0 aliphatic heterocycles. The summed E-state index contributed by atoms with van der Waals surface area (Å²) in [6, 6.07) is 0. The molecule has 3 heteroatoms. The van der Waals surface area contributed by atoms with Gasteiger partial charge in [0.05, 0.1) is 17.3 Å². The zero-order valence-corrected chi connectivity index (χ0v) is 11.9. The van der Waals surface area contributed by atoms with E-state index in [2.05, 4.69) is 25.8 Å². The van der Waals surface area contributed by atoms with Gasteiger partial charge in [-0.15, -0.1) is 11.3 Å². The molecule has 2 rings (SSSR count). The van der Waals surface area contributed by atoms with Gasteiger partial charge in [0.1, 0.15) is 0 Å². The van der Waals surface area contributed by atoms with E-state index in [9.17, 15) is 0 Å². The van der Waals surface area contributed by atoms with Gasteiger partial charge in [-0.2, -0.15) is 0 Å². The monoisotopic (exact) mass is 253 g/mol. The minimum atomic E-state index is 0.0772. The Morgan fingerprint density at radius 2 is 1.94 bits per heavy atom. The molecule has 1 aliphatic rings. The zero-order valence-electron chi connectivity index (χ0n) is 11.1. The van der Waals surface area contributed by atoms with Gasteiger partial charge in [0.15, 0.2) is 0 Å². The van der Waals surface area contributed by atoms with Crippen LogP contribution in [0.5, 0.6) is 0 Å². The summed E-state index contributed by atoms with van der Waals surface area (Å²) in [5.74, 6) is 1.50. The Labute approximate surface area is 108 Å². The van der Waals surface area contributed by atoms with E-state index in [0.29, 0.717) is 11.3 Å². The van der Waals surface area contributed by atoms with Crippen LogP contribution in [-0.4, -0.2) is 10.1 Å². The molecule has 0 atom stereocenters. The van der Waals surface area contributed by atoms with E-state index in [4.69, 9.17) is 5.11 Å². The van der Waals surface area contributed by atoms with Crippen LogP contribution in [0.2, 0.25) is 0 Å². The Morgan fingerprint density at radius 1 is 1.29 bits per heavy atom. The third kappa shape index (κ3) is 3.08. The quantitative estimate of drug-likeness (QED) is 0.865. The Morgan fingerprint density at radius 3 is 2.41 bits per heavy atom. The summed E-state index contributed by atoms with van der Waals surface area (Å²) < 4.78 is 0. The fourth-order valence-corrected chi connectivity index (χ4v) is 3.77. The van der Waals surface area contributed by atoms with Gasteiger partial charge in [-0.1, -0.05) is 20.8 Å². The lowest BCUT2D eigenvalue weighted by molar-refractivity contribution is 0.169. The van der Waals surface area contributed by atoms with Crippen LogP contribution in [0.1, 0.15) is 63.1 Å². The molecule has 0 radical (unpaired) electrons. The first-order chi connectivity index (χ1) is 8.00. The topological polar surface area (TPSA) is 33.1 Å². The second-order valence-electron chi connectivity index (χ2n) is 6.25. The number of hydrogen-bond acceptors (Lipinski definition) is 3. The van der Waals surface area contributed by atoms with Gasteiger partial charge in [-0.3, -0.25) is 0 Å². The highest BCUT2D eigenvalue weighted by molar-refractivity contribution is 7.09. The Hall–Kier alpha value is -0.410. The predicted molar refractivity (Wildman–Crippen MR) is 72.2 cm³/mol. The van der Waals surface area contributed by atoms with Crippen molar-refractivity contribution in [1.29, 1.82) is 0 Å².